The molecule has 0 aliphatic carbocycles. The highest BCUT2D eigenvalue weighted by molar-refractivity contribution is 7.96. The van der Waals surface area contributed by atoms with Crippen molar-refractivity contribution in [1.82, 2.24) is 0 Å². The lowest BCUT2D eigenvalue weighted by Gasteiger charge is -2.35. The van der Waals surface area contributed by atoms with Crippen molar-refractivity contribution in [1.29, 1.82) is 0 Å². The van der Waals surface area contributed by atoms with Crippen LogP contribution >= 0.6 is 7.26 Å². The number of halogens is 2. The molecule has 0 radical (unpaired) electrons. The maximum absolute atomic E-state index is 14.7. The summed E-state index contributed by atoms with van der Waals surface area (Å²) in [5.41, 5.74) is 1.37. The van der Waals surface area contributed by atoms with Gasteiger partial charge in [-0.2, -0.15) is 0 Å². The summed E-state index contributed by atoms with van der Waals surface area (Å²) in [5, 5.41) is 3.47. The van der Waals surface area contributed by atoms with Gasteiger partial charge in [-0.25, -0.2) is 8.78 Å². The average Bonchev–Trinajstić information content (AvgIpc) is 2.89. The molecule has 0 aliphatic heterocycles. The van der Waals surface area contributed by atoms with Gasteiger partial charge in [-0.1, -0.05) is 78.9 Å². The first-order valence-corrected chi connectivity index (χ1v) is 13.1. The van der Waals surface area contributed by atoms with Crippen molar-refractivity contribution in [3.05, 3.63) is 162 Å². The number of benzene rings is 5. The maximum Gasteiger partial charge on any atom is 0.134 e. The van der Waals surface area contributed by atoms with Crippen molar-refractivity contribution in [2.75, 3.05) is 0 Å². The molecule has 0 bridgehead atoms. The van der Waals surface area contributed by atoms with Gasteiger partial charge in [-0.3, -0.25) is 0 Å². The molecule has 34 heavy (non-hydrogen) atoms. The minimum atomic E-state index is -2.48. The molecule has 0 heterocycles. The topological polar surface area (TPSA) is 0 Å². The average molecular weight is 466 g/mol. The molecule has 5 aromatic carbocycles. The van der Waals surface area contributed by atoms with Gasteiger partial charge < -0.3 is 0 Å². The summed E-state index contributed by atoms with van der Waals surface area (Å²) in [6, 6.07) is 44.7. The van der Waals surface area contributed by atoms with Crippen LogP contribution in [0.25, 0.3) is 0 Å². The molecule has 3 heteroatoms. The van der Waals surface area contributed by atoms with Crippen molar-refractivity contribution in [2.45, 2.75) is 5.66 Å². The summed E-state index contributed by atoms with van der Waals surface area (Å²) in [5.74, 6) is -0.600. The summed E-state index contributed by atoms with van der Waals surface area (Å²) in [7, 11) is -2.48. The molecule has 0 N–H and O–H groups in total. The third kappa shape index (κ3) is 4.06. The lowest BCUT2D eigenvalue weighted by Crippen LogP contribution is -2.35. The number of hydrogen-bond donors (Lipinski definition) is 0. The molecule has 0 amide bonds. The van der Waals surface area contributed by atoms with E-state index < -0.39 is 7.26 Å². The van der Waals surface area contributed by atoms with Gasteiger partial charge in [0.25, 0.3) is 0 Å². The Hall–Kier alpha value is -3.61. The normalized spacial score (nSPS) is 11.5. The van der Waals surface area contributed by atoms with E-state index in [0.717, 1.165) is 27.0 Å². The molecule has 0 nitrogen and oxygen atoms in total. The van der Waals surface area contributed by atoms with E-state index in [0.29, 0.717) is 0 Å². The first kappa shape index (κ1) is 22.2. The van der Waals surface area contributed by atoms with Crippen molar-refractivity contribution in [3.8, 4) is 0 Å². The Bertz CT molecular complexity index is 1230. The Balaban J connectivity index is 1.96. The van der Waals surface area contributed by atoms with Gasteiger partial charge in [0.2, 0.25) is 0 Å². The predicted molar refractivity (Wildman–Crippen MR) is 140 cm³/mol. The third-order valence-corrected chi connectivity index (χ3v) is 10.9. The van der Waals surface area contributed by atoms with E-state index in [-0.39, 0.29) is 17.3 Å². The fourth-order valence-electron chi connectivity index (χ4n) is 4.88. The zero-order valence-corrected chi connectivity index (χ0v) is 19.5. The predicted octanol–water partition coefficient (Wildman–Crippen LogP) is 7.05. The van der Waals surface area contributed by atoms with E-state index in [4.69, 9.17) is 0 Å². The van der Waals surface area contributed by atoms with Crippen LogP contribution in [0.4, 0.5) is 8.78 Å². The second-order valence-electron chi connectivity index (χ2n) is 8.24. The molecule has 0 unspecified atom stereocenters. The monoisotopic (exact) mass is 465 g/mol. The van der Waals surface area contributed by atoms with Crippen LogP contribution in [0.3, 0.4) is 0 Å². The van der Waals surface area contributed by atoms with Gasteiger partial charge in [0.15, 0.2) is 0 Å². The van der Waals surface area contributed by atoms with Crippen LogP contribution in [-0.2, 0) is 0 Å². The smallest absolute Gasteiger partial charge is 0.134 e. The van der Waals surface area contributed by atoms with E-state index in [1.165, 1.54) is 12.1 Å². The van der Waals surface area contributed by atoms with Crippen molar-refractivity contribution in [2.24, 2.45) is 0 Å². The van der Waals surface area contributed by atoms with Crippen LogP contribution in [0, 0.1) is 11.6 Å². The van der Waals surface area contributed by atoms with E-state index in [1.54, 1.807) is 24.3 Å². The molecule has 0 aromatic heterocycles. The lowest BCUT2D eigenvalue weighted by atomic mass is 10.0. The van der Waals surface area contributed by atoms with Gasteiger partial charge in [-0.05, 0) is 60.7 Å². The molecule has 0 spiro atoms. The Kier molecular flexibility index (Phi) is 6.34. The Labute approximate surface area is 199 Å². The Morgan fingerprint density at radius 1 is 0.412 bits per heavy atom. The van der Waals surface area contributed by atoms with E-state index in [2.05, 4.69) is 36.4 Å². The quantitative estimate of drug-likeness (QED) is 0.236. The van der Waals surface area contributed by atoms with E-state index >= 15 is 0 Å². The molecular formula is C31H24F2P+. The van der Waals surface area contributed by atoms with Crippen molar-refractivity contribution >= 4 is 23.2 Å². The second-order valence-corrected chi connectivity index (χ2v) is 11.8. The maximum atomic E-state index is 14.7. The first-order valence-electron chi connectivity index (χ1n) is 11.3. The summed E-state index contributed by atoms with van der Waals surface area (Å²) in [6.07, 6.45) is 0. The fraction of sp³-hybridized carbons (Fsp3) is 0.0323. The second kappa shape index (κ2) is 9.71. The molecule has 0 saturated heterocycles. The first-order chi connectivity index (χ1) is 16.7. The van der Waals surface area contributed by atoms with Crippen LogP contribution in [0.1, 0.15) is 16.8 Å². The largest absolute Gasteiger partial charge is 0.207 e. The van der Waals surface area contributed by atoms with E-state index in [1.807, 2.05) is 66.7 Å². The molecule has 5 rings (SSSR count). The highest BCUT2D eigenvalue weighted by Gasteiger charge is 2.53. The zero-order valence-electron chi connectivity index (χ0n) is 18.6. The minimum absolute atomic E-state index is 0.286. The summed E-state index contributed by atoms with van der Waals surface area (Å²) in [6.45, 7) is 0. The molecule has 5 aromatic rings. The standard InChI is InChI=1S/C31H24F2P/c32-26-14-10-12-24(22-26)31(25-13-11-15-27(33)23-25)34(28-16-4-1-5-17-28,29-18-6-2-7-19-29)30-20-8-3-9-21-30/h1-23,31H/q+1. The minimum Gasteiger partial charge on any atom is -0.207 e. The summed E-state index contributed by atoms with van der Waals surface area (Å²) in [4.78, 5) is 0. The number of hydrogen-bond acceptors (Lipinski definition) is 0. The molecular weight excluding hydrogens is 441 g/mol. The molecule has 0 aliphatic rings. The fourth-order valence-corrected chi connectivity index (χ4v) is 9.81. The lowest BCUT2D eigenvalue weighted by molar-refractivity contribution is 0.624. The van der Waals surface area contributed by atoms with Crippen LogP contribution in [0.15, 0.2) is 140 Å². The van der Waals surface area contributed by atoms with Gasteiger partial charge in [-0.15, -0.1) is 0 Å². The van der Waals surface area contributed by atoms with Gasteiger partial charge in [0.1, 0.15) is 40.5 Å². The summed E-state index contributed by atoms with van der Waals surface area (Å²) < 4.78 is 29.3. The van der Waals surface area contributed by atoms with Gasteiger partial charge in [0, 0.05) is 11.1 Å². The zero-order chi connectivity index (χ0) is 23.4. The Morgan fingerprint density at radius 2 is 0.765 bits per heavy atom. The van der Waals surface area contributed by atoms with Crippen LogP contribution in [-0.4, -0.2) is 0 Å². The van der Waals surface area contributed by atoms with Crippen LogP contribution in [0.5, 0.6) is 0 Å². The molecule has 0 fully saturated rings. The van der Waals surface area contributed by atoms with Crippen molar-refractivity contribution < 1.29 is 8.78 Å². The SMILES string of the molecule is Fc1cccc(C(c2cccc(F)c2)[P+](c2ccccc2)(c2ccccc2)c2ccccc2)c1. The Morgan fingerprint density at radius 3 is 1.09 bits per heavy atom. The molecule has 166 valence electrons. The van der Waals surface area contributed by atoms with Crippen LogP contribution < -0.4 is 15.9 Å². The van der Waals surface area contributed by atoms with E-state index in [9.17, 15) is 8.78 Å². The third-order valence-electron chi connectivity index (χ3n) is 6.21. The van der Waals surface area contributed by atoms with Gasteiger partial charge in [0.05, 0.1) is 0 Å². The molecule has 0 saturated carbocycles. The highest BCUT2D eigenvalue weighted by Crippen LogP contribution is 2.68. The molecule has 0 atom stereocenters. The van der Waals surface area contributed by atoms with Crippen LogP contribution in [0.2, 0.25) is 0 Å². The highest BCUT2D eigenvalue weighted by atomic mass is 31.2. The van der Waals surface area contributed by atoms with Gasteiger partial charge >= 0.3 is 0 Å². The van der Waals surface area contributed by atoms with Crippen molar-refractivity contribution in [3.63, 3.8) is 0 Å². The number of rotatable bonds is 6. The summed E-state index contributed by atoms with van der Waals surface area (Å²) >= 11 is 0.